The Hall–Kier alpha value is -0.160. The zero-order valence-corrected chi connectivity index (χ0v) is 11.6. The Labute approximate surface area is 106 Å². The summed E-state index contributed by atoms with van der Waals surface area (Å²) in [4.78, 5) is 2.18. The summed E-state index contributed by atoms with van der Waals surface area (Å²) in [6, 6.07) is 0. The third kappa shape index (κ3) is 6.99. The van der Waals surface area contributed by atoms with E-state index in [2.05, 4.69) is 24.3 Å². The second-order valence-electron chi connectivity index (χ2n) is 5.07. The Balaban J connectivity index is 1.95. The molecule has 4 nitrogen and oxygen atoms in total. The number of rotatable bonds is 8. The maximum Gasteiger partial charge on any atom is 0.0600 e. The van der Waals surface area contributed by atoms with Gasteiger partial charge in [-0.2, -0.15) is 0 Å². The Morgan fingerprint density at radius 2 is 1.94 bits per heavy atom. The Morgan fingerprint density at radius 3 is 2.65 bits per heavy atom. The standard InChI is InChI=1S/C13H28N2O2/c1-15(2)9-7-14-8-10-17-13-6-4-5-12(11-13)16-3/h12-14H,4-11H2,1-3H3. The summed E-state index contributed by atoms with van der Waals surface area (Å²) in [7, 11) is 5.98. The van der Waals surface area contributed by atoms with Crippen molar-refractivity contribution < 1.29 is 9.47 Å². The fraction of sp³-hybridized carbons (Fsp3) is 1.00. The van der Waals surface area contributed by atoms with Crippen LogP contribution in [0.4, 0.5) is 0 Å². The maximum atomic E-state index is 5.87. The lowest BCUT2D eigenvalue weighted by Crippen LogP contribution is -2.32. The van der Waals surface area contributed by atoms with E-state index in [1.165, 1.54) is 19.3 Å². The Kier molecular flexibility index (Phi) is 7.77. The van der Waals surface area contributed by atoms with Crippen LogP contribution < -0.4 is 5.32 Å². The van der Waals surface area contributed by atoms with Gasteiger partial charge in [-0.25, -0.2) is 0 Å². The Morgan fingerprint density at radius 1 is 1.18 bits per heavy atom. The van der Waals surface area contributed by atoms with Gasteiger partial charge in [0, 0.05) is 26.7 Å². The van der Waals surface area contributed by atoms with E-state index in [0.717, 1.165) is 32.7 Å². The zero-order chi connectivity index (χ0) is 12.5. The minimum atomic E-state index is 0.407. The van der Waals surface area contributed by atoms with E-state index in [4.69, 9.17) is 9.47 Å². The zero-order valence-electron chi connectivity index (χ0n) is 11.6. The van der Waals surface area contributed by atoms with Crippen LogP contribution in [0.3, 0.4) is 0 Å². The molecule has 1 rings (SSSR count). The van der Waals surface area contributed by atoms with Gasteiger partial charge >= 0.3 is 0 Å². The molecule has 1 aliphatic rings. The minimum Gasteiger partial charge on any atom is -0.381 e. The molecule has 1 saturated carbocycles. The van der Waals surface area contributed by atoms with Gasteiger partial charge in [0.2, 0.25) is 0 Å². The molecule has 0 spiro atoms. The number of hydrogen-bond acceptors (Lipinski definition) is 4. The molecule has 0 bridgehead atoms. The first kappa shape index (κ1) is 14.9. The van der Waals surface area contributed by atoms with Crippen LogP contribution >= 0.6 is 0 Å². The van der Waals surface area contributed by atoms with Crippen molar-refractivity contribution >= 4 is 0 Å². The summed E-state index contributed by atoms with van der Waals surface area (Å²) in [5.41, 5.74) is 0. The lowest BCUT2D eigenvalue weighted by Gasteiger charge is -2.28. The summed E-state index contributed by atoms with van der Waals surface area (Å²) in [6.45, 7) is 3.87. The van der Waals surface area contributed by atoms with E-state index in [1.807, 2.05) is 0 Å². The number of methoxy groups -OCH3 is 1. The summed E-state index contributed by atoms with van der Waals surface area (Å²) in [6.07, 6.45) is 5.50. The highest BCUT2D eigenvalue weighted by molar-refractivity contribution is 4.73. The van der Waals surface area contributed by atoms with E-state index in [1.54, 1.807) is 7.11 Å². The lowest BCUT2D eigenvalue weighted by atomic mass is 9.95. The number of ether oxygens (including phenoxy) is 2. The second-order valence-corrected chi connectivity index (χ2v) is 5.07. The van der Waals surface area contributed by atoms with Crippen molar-refractivity contribution in [1.82, 2.24) is 10.2 Å². The molecule has 0 amide bonds. The van der Waals surface area contributed by atoms with Crippen LogP contribution in [-0.4, -0.2) is 64.6 Å². The topological polar surface area (TPSA) is 33.7 Å². The molecule has 1 N–H and O–H groups in total. The molecular formula is C13H28N2O2. The normalized spacial score (nSPS) is 25.4. The fourth-order valence-electron chi connectivity index (χ4n) is 2.19. The molecule has 2 atom stereocenters. The molecule has 4 heteroatoms. The smallest absolute Gasteiger partial charge is 0.0600 e. The summed E-state index contributed by atoms with van der Waals surface area (Å²) < 4.78 is 11.3. The van der Waals surface area contributed by atoms with E-state index in [0.29, 0.717) is 12.2 Å². The monoisotopic (exact) mass is 244 g/mol. The van der Waals surface area contributed by atoms with Crippen molar-refractivity contribution in [3.8, 4) is 0 Å². The molecule has 1 aliphatic carbocycles. The average molecular weight is 244 g/mol. The Bertz CT molecular complexity index is 188. The van der Waals surface area contributed by atoms with E-state index < -0.39 is 0 Å². The quantitative estimate of drug-likeness (QED) is 0.649. The molecular weight excluding hydrogens is 216 g/mol. The predicted octanol–water partition coefficient (Wildman–Crippen LogP) is 1.11. The third-order valence-corrected chi connectivity index (χ3v) is 3.28. The number of nitrogens with zero attached hydrogens (tertiary/aromatic N) is 1. The minimum absolute atomic E-state index is 0.407. The highest BCUT2D eigenvalue weighted by Crippen LogP contribution is 2.22. The molecule has 0 aromatic rings. The lowest BCUT2D eigenvalue weighted by molar-refractivity contribution is -0.0282. The first-order chi connectivity index (χ1) is 8.22. The van der Waals surface area contributed by atoms with Gasteiger partial charge in [0.1, 0.15) is 0 Å². The number of likely N-dealkylation sites (N-methyl/N-ethyl adjacent to an activating group) is 1. The van der Waals surface area contributed by atoms with Crippen molar-refractivity contribution in [2.75, 3.05) is 47.4 Å². The number of hydrogen-bond donors (Lipinski definition) is 1. The molecule has 2 unspecified atom stereocenters. The molecule has 0 saturated heterocycles. The van der Waals surface area contributed by atoms with E-state index in [-0.39, 0.29) is 0 Å². The van der Waals surface area contributed by atoms with E-state index >= 15 is 0 Å². The third-order valence-electron chi connectivity index (χ3n) is 3.28. The second kappa shape index (κ2) is 8.86. The molecule has 1 fully saturated rings. The van der Waals surface area contributed by atoms with Crippen molar-refractivity contribution in [3.05, 3.63) is 0 Å². The maximum absolute atomic E-state index is 5.87. The summed E-state index contributed by atoms with van der Waals surface area (Å²) >= 11 is 0. The van der Waals surface area contributed by atoms with Crippen molar-refractivity contribution in [2.45, 2.75) is 37.9 Å². The van der Waals surface area contributed by atoms with Gasteiger partial charge in [0.15, 0.2) is 0 Å². The van der Waals surface area contributed by atoms with Gasteiger partial charge < -0.3 is 19.7 Å². The SMILES string of the molecule is COC1CCCC(OCCNCCN(C)C)C1. The van der Waals surface area contributed by atoms with Gasteiger partial charge in [-0.05, 0) is 39.8 Å². The van der Waals surface area contributed by atoms with Gasteiger partial charge in [-0.1, -0.05) is 0 Å². The highest BCUT2D eigenvalue weighted by atomic mass is 16.5. The van der Waals surface area contributed by atoms with Crippen LogP contribution in [-0.2, 0) is 9.47 Å². The highest BCUT2D eigenvalue weighted by Gasteiger charge is 2.21. The summed E-state index contributed by atoms with van der Waals surface area (Å²) in [5.74, 6) is 0. The van der Waals surface area contributed by atoms with Crippen LogP contribution in [0, 0.1) is 0 Å². The van der Waals surface area contributed by atoms with Crippen LogP contribution in [0.5, 0.6) is 0 Å². The molecule has 0 aliphatic heterocycles. The summed E-state index contributed by atoms with van der Waals surface area (Å²) in [5, 5.41) is 3.38. The largest absolute Gasteiger partial charge is 0.381 e. The van der Waals surface area contributed by atoms with E-state index in [9.17, 15) is 0 Å². The molecule has 0 radical (unpaired) electrons. The fourth-order valence-corrected chi connectivity index (χ4v) is 2.19. The van der Waals surface area contributed by atoms with Gasteiger partial charge in [-0.3, -0.25) is 0 Å². The van der Waals surface area contributed by atoms with Crippen molar-refractivity contribution in [2.24, 2.45) is 0 Å². The first-order valence-corrected chi connectivity index (χ1v) is 6.72. The van der Waals surface area contributed by atoms with Gasteiger partial charge in [-0.15, -0.1) is 0 Å². The predicted molar refractivity (Wildman–Crippen MR) is 70.4 cm³/mol. The first-order valence-electron chi connectivity index (χ1n) is 6.72. The van der Waals surface area contributed by atoms with Crippen LogP contribution in [0.1, 0.15) is 25.7 Å². The van der Waals surface area contributed by atoms with Crippen molar-refractivity contribution in [1.29, 1.82) is 0 Å². The molecule has 0 aromatic carbocycles. The van der Waals surface area contributed by atoms with Crippen LogP contribution in [0.15, 0.2) is 0 Å². The molecule has 17 heavy (non-hydrogen) atoms. The van der Waals surface area contributed by atoms with Gasteiger partial charge in [0.25, 0.3) is 0 Å². The number of nitrogens with one attached hydrogen (secondary N) is 1. The van der Waals surface area contributed by atoms with Crippen LogP contribution in [0.2, 0.25) is 0 Å². The van der Waals surface area contributed by atoms with Crippen LogP contribution in [0.25, 0.3) is 0 Å². The molecule has 0 aromatic heterocycles. The average Bonchev–Trinajstić information content (AvgIpc) is 2.33. The van der Waals surface area contributed by atoms with Gasteiger partial charge in [0.05, 0.1) is 18.8 Å². The molecule has 0 heterocycles. The van der Waals surface area contributed by atoms with Crippen molar-refractivity contribution in [3.63, 3.8) is 0 Å². The molecule has 102 valence electrons.